The number of rotatable bonds is 2. The number of aliphatic hydroxyl groups excluding tert-OH is 1. The molecular formula is C21H34O6. The quantitative estimate of drug-likeness (QED) is 0.787. The van der Waals surface area contributed by atoms with Crippen LogP contribution < -0.4 is 0 Å². The first-order chi connectivity index (χ1) is 11.8. The monoisotopic (exact) mass is 382 g/mol. The average Bonchev–Trinajstić information content (AvgIpc) is 2.51. The summed E-state index contributed by atoms with van der Waals surface area (Å²) in [4.78, 5) is 34.8. The first-order valence-corrected chi connectivity index (χ1v) is 8.60. The molecule has 0 aliphatic heterocycles. The van der Waals surface area contributed by atoms with Gasteiger partial charge in [0.1, 0.15) is 11.9 Å². The molecular weight excluding hydrogens is 348 g/mol. The van der Waals surface area contributed by atoms with E-state index < -0.39 is 16.9 Å². The number of Topliss-reactive ketones (excluding diaryl/α,β-unsaturated/α-hetero) is 3. The minimum absolute atomic E-state index is 0. The van der Waals surface area contributed by atoms with E-state index in [1.807, 2.05) is 13.8 Å². The second kappa shape index (κ2) is 8.83. The summed E-state index contributed by atoms with van der Waals surface area (Å²) in [7, 11) is 2.90. The van der Waals surface area contributed by atoms with E-state index in [4.69, 9.17) is 9.47 Å². The number of ketones is 3. The molecule has 1 N–H and O–H groups in total. The molecule has 0 amide bonds. The van der Waals surface area contributed by atoms with Crippen molar-refractivity contribution in [3.05, 3.63) is 22.7 Å². The molecule has 0 aromatic rings. The molecule has 1 atom stereocenters. The lowest BCUT2D eigenvalue weighted by Gasteiger charge is -2.32. The predicted octanol–water partition coefficient (Wildman–Crippen LogP) is 3.38. The lowest BCUT2D eigenvalue weighted by molar-refractivity contribution is -0.132. The molecule has 0 unspecified atom stereocenters. The van der Waals surface area contributed by atoms with Crippen molar-refractivity contribution in [2.45, 2.75) is 67.9 Å². The Bertz CT molecular complexity index is 679. The number of carbonyl (C=O) groups is 3. The van der Waals surface area contributed by atoms with Gasteiger partial charge >= 0.3 is 0 Å². The van der Waals surface area contributed by atoms with Crippen LogP contribution in [-0.4, -0.2) is 42.8 Å². The molecule has 0 heterocycles. The van der Waals surface area contributed by atoms with E-state index in [1.54, 1.807) is 27.7 Å². The van der Waals surface area contributed by atoms with Crippen molar-refractivity contribution >= 4 is 17.3 Å². The molecule has 0 radical (unpaired) electrons. The summed E-state index contributed by atoms with van der Waals surface area (Å²) in [5, 5.41) is 9.66. The molecule has 27 heavy (non-hydrogen) atoms. The Kier molecular flexibility index (Phi) is 8.19. The Morgan fingerprint density at radius 1 is 0.889 bits per heavy atom. The Morgan fingerprint density at radius 2 is 1.37 bits per heavy atom. The SMILES string of the molecule is C.COC1=C(C)C(=O)C(C)(C)CC1=O.COC1=C(C)C(=O)C(C)(C)C[C@@H]1O. The van der Waals surface area contributed by atoms with Gasteiger partial charge in [0.25, 0.3) is 0 Å². The van der Waals surface area contributed by atoms with E-state index in [1.165, 1.54) is 14.2 Å². The molecule has 0 saturated carbocycles. The number of allylic oxidation sites excluding steroid dienone is 3. The minimum Gasteiger partial charge on any atom is -0.498 e. The van der Waals surface area contributed by atoms with Gasteiger partial charge in [0.2, 0.25) is 0 Å². The van der Waals surface area contributed by atoms with E-state index in [0.29, 0.717) is 23.3 Å². The molecule has 0 spiro atoms. The fourth-order valence-electron chi connectivity index (χ4n) is 3.48. The third kappa shape index (κ3) is 5.06. The second-order valence-electron chi connectivity index (χ2n) is 8.10. The third-order valence-electron chi connectivity index (χ3n) is 4.91. The molecule has 154 valence electrons. The van der Waals surface area contributed by atoms with E-state index in [-0.39, 0.29) is 37.0 Å². The Hall–Kier alpha value is -1.95. The molecule has 6 nitrogen and oxygen atoms in total. The number of carbonyl (C=O) groups excluding carboxylic acids is 3. The van der Waals surface area contributed by atoms with E-state index in [0.717, 1.165) is 0 Å². The minimum atomic E-state index is -0.641. The van der Waals surface area contributed by atoms with Crippen molar-refractivity contribution in [3.8, 4) is 0 Å². The highest BCUT2D eigenvalue weighted by Gasteiger charge is 2.40. The van der Waals surface area contributed by atoms with Crippen molar-refractivity contribution in [2.75, 3.05) is 14.2 Å². The largest absolute Gasteiger partial charge is 0.498 e. The van der Waals surface area contributed by atoms with E-state index in [9.17, 15) is 19.5 Å². The third-order valence-corrected chi connectivity index (χ3v) is 4.91. The van der Waals surface area contributed by atoms with Gasteiger partial charge in [-0.15, -0.1) is 0 Å². The Balaban J connectivity index is 0.000000483. The van der Waals surface area contributed by atoms with Crippen LogP contribution in [0.3, 0.4) is 0 Å². The van der Waals surface area contributed by atoms with Gasteiger partial charge in [-0.05, 0) is 20.3 Å². The molecule has 0 fully saturated rings. The predicted molar refractivity (Wildman–Crippen MR) is 104 cm³/mol. The van der Waals surface area contributed by atoms with Crippen molar-refractivity contribution in [1.82, 2.24) is 0 Å². The van der Waals surface area contributed by atoms with Gasteiger partial charge in [-0.25, -0.2) is 0 Å². The number of ether oxygens (including phenoxy) is 2. The Labute approximate surface area is 162 Å². The van der Waals surface area contributed by atoms with Crippen LogP contribution in [0, 0.1) is 10.8 Å². The van der Waals surface area contributed by atoms with Gasteiger partial charge in [-0.2, -0.15) is 0 Å². The topological polar surface area (TPSA) is 89.9 Å². The molecule has 2 aliphatic rings. The summed E-state index contributed by atoms with van der Waals surface area (Å²) in [6, 6.07) is 0. The summed E-state index contributed by atoms with van der Waals surface area (Å²) >= 11 is 0. The molecule has 0 saturated heterocycles. The highest BCUT2D eigenvalue weighted by molar-refractivity contribution is 6.12. The highest BCUT2D eigenvalue weighted by atomic mass is 16.5. The molecule has 6 heteroatoms. The van der Waals surface area contributed by atoms with Crippen LogP contribution in [0.15, 0.2) is 22.7 Å². The first kappa shape index (κ1) is 25.1. The fraction of sp³-hybridized carbons (Fsp3) is 0.667. The van der Waals surface area contributed by atoms with Crippen molar-refractivity contribution in [3.63, 3.8) is 0 Å². The highest BCUT2D eigenvalue weighted by Crippen LogP contribution is 2.36. The number of methoxy groups -OCH3 is 2. The smallest absolute Gasteiger partial charge is 0.198 e. The van der Waals surface area contributed by atoms with Crippen LogP contribution in [0.2, 0.25) is 0 Å². The van der Waals surface area contributed by atoms with Gasteiger partial charge in [0, 0.05) is 28.4 Å². The van der Waals surface area contributed by atoms with Crippen LogP contribution in [0.1, 0.15) is 61.8 Å². The van der Waals surface area contributed by atoms with Crippen LogP contribution in [0.5, 0.6) is 0 Å². The maximum absolute atomic E-state index is 11.7. The normalized spacial score (nSPS) is 24.0. The molecule has 0 bridgehead atoms. The fourth-order valence-corrected chi connectivity index (χ4v) is 3.48. The van der Waals surface area contributed by atoms with Crippen LogP contribution in [-0.2, 0) is 23.9 Å². The van der Waals surface area contributed by atoms with Crippen molar-refractivity contribution in [1.29, 1.82) is 0 Å². The maximum Gasteiger partial charge on any atom is 0.198 e. The standard InChI is InChI=1S/C10H16O3.C10H14O3.CH4/c2*1-6-8(13-4)7(11)5-10(2,3)9(6)12;/h7,11H,5H2,1-4H3;5H2,1-4H3;1H4/t7-;;/m0../s1. The van der Waals surface area contributed by atoms with E-state index >= 15 is 0 Å². The van der Waals surface area contributed by atoms with Crippen molar-refractivity contribution < 1.29 is 29.0 Å². The molecule has 2 rings (SSSR count). The van der Waals surface area contributed by atoms with Gasteiger partial charge in [0.15, 0.2) is 23.1 Å². The molecule has 0 aromatic heterocycles. The maximum atomic E-state index is 11.7. The summed E-state index contributed by atoms with van der Waals surface area (Å²) < 4.78 is 9.88. The molecule has 0 aromatic carbocycles. The zero-order valence-corrected chi connectivity index (χ0v) is 17.0. The average molecular weight is 382 g/mol. The first-order valence-electron chi connectivity index (χ1n) is 8.60. The van der Waals surface area contributed by atoms with Gasteiger partial charge in [-0.1, -0.05) is 35.1 Å². The summed E-state index contributed by atoms with van der Waals surface area (Å²) in [6.45, 7) is 10.6. The summed E-state index contributed by atoms with van der Waals surface area (Å²) in [5.41, 5.74) is -0.0376. The second-order valence-corrected chi connectivity index (χ2v) is 8.10. The van der Waals surface area contributed by atoms with Gasteiger partial charge in [0.05, 0.1) is 14.2 Å². The zero-order valence-electron chi connectivity index (χ0n) is 17.0. The number of hydrogen-bond acceptors (Lipinski definition) is 6. The van der Waals surface area contributed by atoms with E-state index in [2.05, 4.69) is 0 Å². The van der Waals surface area contributed by atoms with Crippen molar-refractivity contribution in [2.24, 2.45) is 10.8 Å². The summed E-state index contributed by atoms with van der Waals surface area (Å²) in [5.74, 6) is 0.636. The van der Waals surface area contributed by atoms with Crippen LogP contribution in [0.4, 0.5) is 0 Å². The lowest BCUT2D eigenvalue weighted by Crippen LogP contribution is -2.37. The van der Waals surface area contributed by atoms with Crippen LogP contribution in [0.25, 0.3) is 0 Å². The number of hydrogen-bond donors (Lipinski definition) is 1. The molecule has 2 aliphatic carbocycles. The summed E-state index contributed by atoms with van der Waals surface area (Å²) in [6.07, 6.45) is 0.0382. The lowest BCUT2D eigenvalue weighted by atomic mass is 9.74. The zero-order chi connectivity index (χ0) is 20.4. The van der Waals surface area contributed by atoms with Crippen LogP contribution >= 0.6 is 0 Å². The van der Waals surface area contributed by atoms with Gasteiger partial charge < -0.3 is 14.6 Å². The van der Waals surface area contributed by atoms with Gasteiger partial charge in [-0.3, -0.25) is 14.4 Å². The Morgan fingerprint density at radius 3 is 1.81 bits per heavy atom. The number of aliphatic hydroxyl groups is 1.